The second-order valence-corrected chi connectivity index (χ2v) is 19.2. The lowest BCUT2D eigenvalue weighted by atomic mass is 9.85. The first-order valence-corrected chi connectivity index (χ1v) is 23.2. The lowest BCUT2D eigenvalue weighted by Crippen LogP contribution is -2.26. The van der Waals surface area contributed by atoms with E-state index in [-0.39, 0.29) is 37.8 Å². The fourth-order valence-electron chi connectivity index (χ4n) is 7.62. The standard InChI is InChI=1S/C25H28BrN3O4.C25H30BrN3O3/c1-5-29-20(15-22(32)33-25(2,3)4)23(24(28-29)19-8-6-7-13-27-19)18(14-21(30)31)16-9-11-17(26)12-10-16;1-5-29-21(16-22(31)32-25(2,3)4)23(24(28-29)20-8-6-7-14-27-20)19(13-15-30)17-9-11-18(26)12-10-17/h6-13,18H,5,14-15H2,1-4H3,(H,30,31);6-12,14,19,30H,5,13,15-16H2,1-4H3. The van der Waals surface area contributed by atoms with Gasteiger partial charge in [0.25, 0.3) is 0 Å². The van der Waals surface area contributed by atoms with E-state index in [0.717, 1.165) is 42.7 Å². The Morgan fingerprint density at radius 3 is 1.37 bits per heavy atom. The predicted octanol–water partition coefficient (Wildman–Crippen LogP) is 10.3. The van der Waals surface area contributed by atoms with E-state index in [1.165, 1.54) is 0 Å². The lowest BCUT2D eigenvalue weighted by molar-refractivity contribution is -0.155. The Kier molecular flexibility index (Phi) is 17.6. The number of carboxylic acids is 1. The quantitative estimate of drug-likeness (QED) is 0.0884. The number of halogens is 2. The molecule has 13 nitrogen and oxygen atoms in total. The number of benzene rings is 2. The average molecular weight is 1010 g/mol. The summed E-state index contributed by atoms with van der Waals surface area (Å²) in [5, 5.41) is 29.3. The SMILES string of the molecule is CCn1nc(-c2ccccn2)c(C(CC(=O)O)c2ccc(Br)cc2)c1CC(=O)OC(C)(C)C.CCn1nc(-c2ccccn2)c(C(CCO)c2ccc(Br)cc2)c1CC(=O)OC(C)(C)C. The summed E-state index contributed by atoms with van der Waals surface area (Å²) in [7, 11) is 0. The largest absolute Gasteiger partial charge is 0.481 e. The van der Waals surface area contributed by atoms with Crippen LogP contribution in [-0.4, -0.2) is 75.5 Å². The van der Waals surface area contributed by atoms with Crippen LogP contribution in [0.2, 0.25) is 0 Å². The molecule has 0 spiro atoms. The molecule has 6 aromatic rings. The second-order valence-electron chi connectivity index (χ2n) is 17.3. The number of hydrogen-bond acceptors (Lipinski definition) is 10. The highest BCUT2D eigenvalue weighted by Crippen LogP contribution is 2.40. The van der Waals surface area contributed by atoms with Crippen molar-refractivity contribution in [2.24, 2.45) is 0 Å². The number of pyridine rings is 2. The number of carbonyl (C=O) groups is 3. The number of esters is 2. The minimum Gasteiger partial charge on any atom is -0.481 e. The number of nitrogens with zero attached hydrogens (tertiary/aromatic N) is 6. The van der Waals surface area contributed by atoms with Gasteiger partial charge in [-0.1, -0.05) is 68.3 Å². The molecular weight excluding hydrogens is 956 g/mol. The first-order valence-electron chi connectivity index (χ1n) is 21.6. The molecule has 6 rings (SSSR count). The minimum absolute atomic E-state index is 0.00553. The summed E-state index contributed by atoms with van der Waals surface area (Å²) in [4.78, 5) is 46.5. The summed E-state index contributed by atoms with van der Waals surface area (Å²) < 4.78 is 16.7. The summed E-state index contributed by atoms with van der Waals surface area (Å²) in [6.45, 7) is 16.1. The van der Waals surface area contributed by atoms with E-state index < -0.39 is 29.1 Å². The molecule has 4 aromatic heterocycles. The Bertz CT molecular complexity index is 2510. The van der Waals surface area contributed by atoms with Crippen LogP contribution in [0.3, 0.4) is 0 Å². The van der Waals surface area contributed by atoms with Gasteiger partial charge < -0.3 is 19.7 Å². The number of rotatable bonds is 16. The van der Waals surface area contributed by atoms with E-state index in [1.54, 1.807) is 17.1 Å². The van der Waals surface area contributed by atoms with Crippen molar-refractivity contribution in [2.75, 3.05) is 6.61 Å². The van der Waals surface area contributed by atoms with E-state index in [2.05, 4.69) is 41.8 Å². The van der Waals surface area contributed by atoms with Gasteiger partial charge >= 0.3 is 17.9 Å². The Morgan fingerprint density at radius 1 is 0.631 bits per heavy atom. The van der Waals surface area contributed by atoms with Crippen LogP contribution in [0.25, 0.3) is 22.8 Å². The van der Waals surface area contributed by atoms with E-state index >= 15 is 0 Å². The molecule has 0 bridgehead atoms. The average Bonchev–Trinajstić information content (AvgIpc) is 3.79. The van der Waals surface area contributed by atoms with Crippen molar-refractivity contribution >= 4 is 49.8 Å². The molecule has 65 heavy (non-hydrogen) atoms. The first-order chi connectivity index (χ1) is 30.8. The number of aliphatic hydroxyl groups is 1. The molecule has 0 aliphatic heterocycles. The number of aromatic nitrogens is 6. The Labute approximate surface area is 397 Å². The third-order valence-corrected chi connectivity index (χ3v) is 11.2. The van der Waals surface area contributed by atoms with Crippen molar-refractivity contribution in [1.82, 2.24) is 29.5 Å². The molecule has 2 aromatic carbocycles. The number of aliphatic hydroxyl groups excluding tert-OH is 1. The summed E-state index contributed by atoms with van der Waals surface area (Å²) >= 11 is 6.93. The minimum atomic E-state index is -0.942. The summed E-state index contributed by atoms with van der Waals surface area (Å²) in [5.74, 6) is -2.31. The van der Waals surface area contributed by atoms with Crippen LogP contribution < -0.4 is 0 Å². The highest BCUT2D eigenvalue weighted by molar-refractivity contribution is 9.10. The fraction of sp³-hybridized carbons (Fsp3) is 0.380. The highest BCUT2D eigenvalue weighted by Gasteiger charge is 2.32. The number of carbonyl (C=O) groups excluding carboxylic acids is 2. The number of ether oxygens (including phenoxy) is 2. The van der Waals surface area contributed by atoms with Crippen molar-refractivity contribution in [3.63, 3.8) is 0 Å². The molecule has 0 saturated carbocycles. The van der Waals surface area contributed by atoms with Gasteiger partial charge in [0.2, 0.25) is 0 Å². The second kappa shape index (κ2) is 22.6. The molecular formula is C50H58Br2N6O7. The molecule has 0 radical (unpaired) electrons. The number of aliphatic carboxylic acids is 1. The maximum absolute atomic E-state index is 12.8. The van der Waals surface area contributed by atoms with Crippen molar-refractivity contribution in [1.29, 1.82) is 0 Å². The van der Waals surface area contributed by atoms with E-state index in [0.29, 0.717) is 42.2 Å². The van der Waals surface area contributed by atoms with Crippen molar-refractivity contribution < 1.29 is 34.1 Å². The number of aryl methyl sites for hydroxylation is 2. The summed E-state index contributed by atoms with van der Waals surface area (Å²) in [5.41, 5.74) is 6.34. The fourth-order valence-corrected chi connectivity index (χ4v) is 8.15. The Hall–Kier alpha value is -5.51. The summed E-state index contributed by atoms with van der Waals surface area (Å²) in [6, 6.07) is 26.8. The van der Waals surface area contributed by atoms with Crippen LogP contribution in [0.1, 0.15) is 114 Å². The zero-order valence-corrected chi connectivity index (χ0v) is 41.4. The van der Waals surface area contributed by atoms with Gasteiger partial charge in [0.05, 0.1) is 42.0 Å². The maximum Gasteiger partial charge on any atom is 0.312 e. The van der Waals surface area contributed by atoms with Crippen LogP contribution >= 0.6 is 31.9 Å². The zero-order valence-electron chi connectivity index (χ0n) is 38.2. The zero-order chi connectivity index (χ0) is 47.5. The van der Waals surface area contributed by atoms with Gasteiger partial charge in [0, 0.05) is 64.0 Å². The molecule has 15 heteroatoms. The normalized spacial score (nSPS) is 12.5. The van der Waals surface area contributed by atoms with Crippen LogP contribution in [-0.2, 0) is 49.8 Å². The van der Waals surface area contributed by atoms with Gasteiger partial charge in [-0.2, -0.15) is 10.2 Å². The smallest absolute Gasteiger partial charge is 0.312 e. The number of hydrogen-bond donors (Lipinski definition) is 2. The third-order valence-electron chi connectivity index (χ3n) is 10.1. The van der Waals surface area contributed by atoms with Crippen molar-refractivity contribution in [2.45, 2.75) is 117 Å². The molecule has 0 saturated heterocycles. The Balaban J connectivity index is 0.000000244. The van der Waals surface area contributed by atoms with Crippen LogP contribution in [0.5, 0.6) is 0 Å². The summed E-state index contributed by atoms with van der Waals surface area (Å²) in [6.07, 6.45) is 3.82. The van der Waals surface area contributed by atoms with Gasteiger partial charge in [0.15, 0.2) is 0 Å². The van der Waals surface area contributed by atoms with Crippen LogP contribution in [0.4, 0.5) is 0 Å². The Morgan fingerprint density at radius 2 is 1.03 bits per heavy atom. The van der Waals surface area contributed by atoms with Crippen LogP contribution in [0, 0.1) is 0 Å². The van der Waals surface area contributed by atoms with Gasteiger partial charge in [-0.15, -0.1) is 0 Å². The predicted molar refractivity (Wildman–Crippen MR) is 257 cm³/mol. The van der Waals surface area contributed by atoms with Crippen molar-refractivity contribution in [3.8, 4) is 22.8 Å². The first kappa shape index (κ1) is 50.5. The van der Waals surface area contributed by atoms with Gasteiger partial charge in [-0.25, -0.2) is 0 Å². The van der Waals surface area contributed by atoms with Gasteiger partial charge in [0.1, 0.15) is 22.6 Å². The molecule has 2 atom stereocenters. The maximum atomic E-state index is 12.8. The van der Waals surface area contributed by atoms with Gasteiger partial charge in [-0.05, 0) is 121 Å². The lowest BCUT2D eigenvalue weighted by Gasteiger charge is -2.22. The van der Waals surface area contributed by atoms with Gasteiger partial charge in [-0.3, -0.25) is 33.7 Å². The molecule has 4 heterocycles. The van der Waals surface area contributed by atoms with E-state index in [1.807, 2.05) is 145 Å². The number of carboxylic acid groups (broad SMARTS) is 1. The van der Waals surface area contributed by atoms with E-state index in [4.69, 9.17) is 19.7 Å². The van der Waals surface area contributed by atoms with Crippen molar-refractivity contribution in [3.05, 3.63) is 140 Å². The van der Waals surface area contributed by atoms with Crippen LogP contribution in [0.15, 0.2) is 106 Å². The van der Waals surface area contributed by atoms with E-state index in [9.17, 15) is 24.6 Å². The molecule has 0 amide bonds. The molecule has 0 aliphatic carbocycles. The molecule has 0 fully saturated rings. The topological polar surface area (TPSA) is 172 Å². The third kappa shape index (κ3) is 14.0. The monoisotopic (exact) mass is 1010 g/mol. The highest BCUT2D eigenvalue weighted by atomic mass is 79.9. The molecule has 2 unspecified atom stereocenters. The molecule has 344 valence electrons. The molecule has 2 N–H and O–H groups in total. The molecule has 0 aliphatic rings.